The molecular weight excluding hydrogens is 274 g/mol. The maximum absolute atomic E-state index is 12.7. The summed E-state index contributed by atoms with van der Waals surface area (Å²) in [4.78, 5) is 14.7. The van der Waals surface area contributed by atoms with Gasteiger partial charge in [0.2, 0.25) is 5.91 Å². The van der Waals surface area contributed by atoms with E-state index in [0.717, 1.165) is 45.2 Å². The zero-order valence-corrected chi connectivity index (χ0v) is 12.9. The van der Waals surface area contributed by atoms with E-state index in [-0.39, 0.29) is 12.0 Å². The number of rotatable bonds is 2. The lowest BCUT2D eigenvalue weighted by Crippen LogP contribution is -2.43. The lowest BCUT2D eigenvalue weighted by Gasteiger charge is -2.32. The van der Waals surface area contributed by atoms with Gasteiger partial charge in [0.1, 0.15) is 0 Å². The standard InChI is InChI=1S/C19H23NO2/c21-19(17-13-16-6-7-18(17)22-16)20-10-8-15(9-11-20)12-14-4-2-1-3-5-14/h1-5,12,16-18H,6-11,13H2. The molecule has 3 nitrogen and oxygen atoms in total. The van der Waals surface area contributed by atoms with Crippen molar-refractivity contribution in [3.05, 3.63) is 41.5 Å². The Labute approximate surface area is 132 Å². The Morgan fingerprint density at radius 1 is 1.14 bits per heavy atom. The molecule has 116 valence electrons. The van der Waals surface area contributed by atoms with Crippen LogP contribution in [0.1, 0.15) is 37.7 Å². The van der Waals surface area contributed by atoms with Crippen LogP contribution in [0.5, 0.6) is 0 Å². The third kappa shape index (κ3) is 2.70. The van der Waals surface area contributed by atoms with Gasteiger partial charge >= 0.3 is 0 Å². The summed E-state index contributed by atoms with van der Waals surface area (Å²) >= 11 is 0. The van der Waals surface area contributed by atoms with Crippen LogP contribution in [0.3, 0.4) is 0 Å². The number of hydrogen-bond acceptors (Lipinski definition) is 2. The molecule has 0 aromatic heterocycles. The second-order valence-corrected chi connectivity index (χ2v) is 6.75. The molecule has 0 radical (unpaired) electrons. The fourth-order valence-electron chi connectivity index (χ4n) is 4.08. The van der Waals surface area contributed by atoms with E-state index in [1.807, 2.05) is 6.07 Å². The van der Waals surface area contributed by atoms with Crippen molar-refractivity contribution in [1.82, 2.24) is 4.90 Å². The zero-order valence-electron chi connectivity index (χ0n) is 12.9. The third-order valence-electron chi connectivity index (χ3n) is 5.31. The first kappa shape index (κ1) is 14.0. The fraction of sp³-hybridized carbons (Fsp3) is 0.526. The van der Waals surface area contributed by atoms with Crippen molar-refractivity contribution in [2.75, 3.05) is 13.1 Å². The Bertz CT molecular complexity index is 570. The molecule has 1 amide bonds. The van der Waals surface area contributed by atoms with Crippen LogP contribution in [0.4, 0.5) is 0 Å². The number of carbonyl (C=O) groups excluding carboxylic acids is 1. The normalized spacial score (nSPS) is 30.6. The average molecular weight is 297 g/mol. The summed E-state index contributed by atoms with van der Waals surface area (Å²) in [5.74, 6) is 0.476. The molecule has 0 saturated carbocycles. The maximum atomic E-state index is 12.7. The van der Waals surface area contributed by atoms with E-state index >= 15 is 0 Å². The Morgan fingerprint density at radius 2 is 1.91 bits per heavy atom. The summed E-state index contributed by atoms with van der Waals surface area (Å²) in [5.41, 5.74) is 2.72. The van der Waals surface area contributed by atoms with Crippen LogP contribution < -0.4 is 0 Å². The monoisotopic (exact) mass is 297 g/mol. The van der Waals surface area contributed by atoms with Gasteiger partial charge in [-0.2, -0.15) is 0 Å². The van der Waals surface area contributed by atoms with Gasteiger partial charge in [0, 0.05) is 13.1 Å². The minimum atomic E-state index is 0.137. The molecule has 3 saturated heterocycles. The Hall–Kier alpha value is -1.61. The summed E-state index contributed by atoms with van der Waals surface area (Å²) in [7, 11) is 0. The van der Waals surface area contributed by atoms with E-state index in [1.54, 1.807) is 0 Å². The van der Waals surface area contributed by atoms with Crippen molar-refractivity contribution in [1.29, 1.82) is 0 Å². The van der Waals surface area contributed by atoms with Crippen molar-refractivity contribution < 1.29 is 9.53 Å². The van der Waals surface area contributed by atoms with E-state index in [0.29, 0.717) is 12.0 Å². The van der Waals surface area contributed by atoms with E-state index in [2.05, 4.69) is 35.2 Å². The number of nitrogens with zero attached hydrogens (tertiary/aromatic N) is 1. The molecule has 3 unspecified atom stereocenters. The first-order chi connectivity index (χ1) is 10.8. The number of hydrogen-bond donors (Lipinski definition) is 0. The van der Waals surface area contributed by atoms with Gasteiger partial charge < -0.3 is 9.64 Å². The number of fused-ring (bicyclic) bond motifs is 2. The number of piperidine rings is 1. The Morgan fingerprint density at radius 3 is 2.55 bits per heavy atom. The van der Waals surface area contributed by atoms with Crippen LogP contribution in [0, 0.1) is 5.92 Å². The minimum absolute atomic E-state index is 0.137. The van der Waals surface area contributed by atoms with E-state index in [1.165, 1.54) is 11.1 Å². The van der Waals surface area contributed by atoms with Gasteiger partial charge in [-0.25, -0.2) is 0 Å². The molecule has 3 heteroatoms. The van der Waals surface area contributed by atoms with Crippen LogP contribution in [0.2, 0.25) is 0 Å². The Kier molecular flexibility index (Phi) is 3.75. The Balaban J connectivity index is 1.36. The maximum Gasteiger partial charge on any atom is 0.228 e. The van der Waals surface area contributed by atoms with Crippen LogP contribution >= 0.6 is 0 Å². The molecule has 3 aliphatic heterocycles. The van der Waals surface area contributed by atoms with Crippen LogP contribution in [-0.2, 0) is 9.53 Å². The molecule has 0 aliphatic carbocycles. The highest BCUT2D eigenvalue weighted by Gasteiger charge is 2.45. The molecule has 3 aliphatic rings. The van der Waals surface area contributed by atoms with E-state index in [9.17, 15) is 4.79 Å². The van der Waals surface area contributed by atoms with Gasteiger partial charge in [0.15, 0.2) is 0 Å². The highest BCUT2D eigenvalue weighted by atomic mass is 16.5. The molecule has 3 atom stereocenters. The largest absolute Gasteiger partial charge is 0.374 e. The van der Waals surface area contributed by atoms with Crippen molar-refractivity contribution in [2.24, 2.45) is 5.92 Å². The summed E-state index contributed by atoms with van der Waals surface area (Å²) in [6, 6.07) is 10.5. The number of ether oxygens (including phenoxy) is 1. The highest BCUT2D eigenvalue weighted by molar-refractivity contribution is 5.80. The zero-order chi connectivity index (χ0) is 14.9. The predicted molar refractivity (Wildman–Crippen MR) is 86.2 cm³/mol. The molecule has 0 N–H and O–H groups in total. The van der Waals surface area contributed by atoms with Crippen molar-refractivity contribution >= 4 is 12.0 Å². The van der Waals surface area contributed by atoms with Gasteiger partial charge in [-0.3, -0.25) is 4.79 Å². The van der Waals surface area contributed by atoms with Gasteiger partial charge in [-0.05, 0) is 37.7 Å². The number of carbonyl (C=O) groups is 1. The van der Waals surface area contributed by atoms with Gasteiger partial charge in [-0.1, -0.05) is 42.0 Å². The van der Waals surface area contributed by atoms with Crippen LogP contribution in [-0.4, -0.2) is 36.1 Å². The summed E-state index contributed by atoms with van der Waals surface area (Å²) in [6.45, 7) is 1.73. The quantitative estimate of drug-likeness (QED) is 0.838. The summed E-state index contributed by atoms with van der Waals surface area (Å²) in [6.07, 6.45) is 8.03. The van der Waals surface area contributed by atoms with E-state index < -0.39 is 0 Å². The number of benzene rings is 1. The minimum Gasteiger partial charge on any atom is -0.374 e. The second-order valence-electron chi connectivity index (χ2n) is 6.75. The molecule has 2 bridgehead atoms. The molecule has 3 fully saturated rings. The lowest BCUT2D eigenvalue weighted by atomic mass is 9.87. The number of amides is 1. The molecule has 22 heavy (non-hydrogen) atoms. The molecule has 3 heterocycles. The average Bonchev–Trinajstić information content (AvgIpc) is 3.19. The van der Waals surface area contributed by atoms with Gasteiger partial charge in [0.05, 0.1) is 18.1 Å². The van der Waals surface area contributed by atoms with Crippen LogP contribution in [0.15, 0.2) is 35.9 Å². The fourth-order valence-corrected chi connectivity index (χ4v) is 4.08. The van der Waals surface area contributed by atoms with Gasteiger partial charge in [-0.15, -0.1) is 0 Å². The first-order valence-corrected chi connectivity index (χ1v) is 8.48. The summed E-state index contributed by atoms with van der Waals surface area (Å²) < 4.78 is 5.84. The SMILES string of the molecule is O=C(C1CC2CCC1O2)N1CCC(=Cc2ccccc2)CC1. The predicted octanol–water partition coefficient (Wildman–Crippen LogP) is 3.26. The molecular formula is C19H23NO2. The smallest absolute Gasteiger partial charge is 0.228 e. The number of likely N-dealkylation sites (tertiary alicyclic amines) is 1. The lowest BCUT2D eigenvalue weighted by molar-refractivity contribution is -0.137. The summed E-state index contributed by atoms with van der Waals surface area (Å²) in [5, 5.41) is 0. The molecule has 1 aromatic carbocycles. The molecule has 1 aromatic rings. The molecule has 0 spiro atoms. The first-order valence-electron chi connectivity index (χ1n) is 8.48. The van der Waals surface area contributed by atoms with E-state index in [4.69, 9.17) is 4.74 Å². The van der Waals surface area contributed by atoms with Crippen molar-refractivity contribution in [3.63, 3.8) is 0 Å². The van der Waals surface area contributed by atoms with Crippen LogP contribution in [0.25, 0.3) is 6.08 Å². The van der Waals surface area contributed by atoms with Crippen molar-refractivity contribution in [3.8, 4) is 0 Å². The van der Waals surface area contributed by atoms with Crippen molar-refractivity contribution in [2.45, 2.75) is 44.3 Å². The second kappa shape index (κ2) is 5.88. The topological polar surface area (TPSA) is 29.5 Å². The van der Waals surface area contributed by atoms with Gasteiger partial charge in [0.25, 0.3) is 0 Å². The third-order valence-corrected chi connectivity index (χ3v) is 5.31. The highest BCUT2D eigenvalue weighted by Crippen LogP contribution is 2.40. The molecule has 4 rings (SSSR count).